The van der Waals surface area contributed by atoms with E-state index in [9.17, 15) is 9.59 Å². The maximum atomic E-state index is 9.88. The van der Waals surface area contributed by atoms with Crippen LogP contribution in [0.2, 0.25) is 0 Å². The number of hydrogen-bond acceptors (Lipinski definition) is 8. The van der Waals surface area contributed by atoms with Gasteiger partial charge >= 0.3 is 11.9 Å². The van der Waals surface area contributed by atoms with Crippen LogP contribution in [0.5, 0.6) is 0 Å². The third-order valence-corrected chi connectivity index (χ3v) is 1.67. The lowest BCUT2D eigenvalue weighted by Gasteiger charge is -2.01. The van der Waals surface area contributed by atoms with Crippen LogP contribution in [0.25, 0.3) is 0 Å². The van der Waals surface area contributed by atoms with E-state index in [0.29, 0.717) is 26.4 Å². The molecule has 0 aromatic heterocycles. The number of ether oxygens (including phenoxy) is 4. The fourth-order valence-corrected chi connectivity index (χ4v) is 0.888. The van der Waals surface area contributed by atoms with E-state index < -0.39 is 25.2 Å². The Morgan fingerprint density at radius 1 is 0.591 bits per heavy atom. The van der Waals surface area contributed by atoms with Crippen LogP contribution in [0.15, 0.2) is 0 Å². The Hall–Kier alpha value is -1.30. The largest absolute Gasteiger partial charge is 0.480 e. The Kier molecular flexibility index (Phi) is 20.6. The number of aliphatic hydroxyl groups is 2. The monoisotopic (exact) mass is 328 g/mol. The smallest absolute Gasteiger partial charge is 0.329 e. The maximum absolute atomic E-state index is 9.88. The molecule has 0 atom stereocenters. The Balaban J connectivity index is 0. The fraction of sp³-hybridized carbons (Fsp3) is 0.833. The molecule has 0 aromatic rings. The molecule has 0 heterocycles. The second-order valence-corrected chi connectivity index (χ2v) is 3.56. The van der Waals surface area contributed by atoms with Gasteiger partial charge in [-0.05, 0) is 0 Å². The first-order chi connectivity index (χ1) is 10.5. The van der Waals surface area contributed by atoms with Gasteiger partial charge in [0.15, 0.2) is 0 Å². The normalized spacial score (nSPS) is 9.91. The summed E-state index contributed by atoms with van der Waals surface area (Å²) < 4.78 is 18.9. The summed E-state index contributed by atoms with van der Waals surface area (Å²) in [6, 6.07) is 0. The van der Waals surface area contributed by atoms with E-state index in [2.05, 4.69) is 9.47 Å². The molecule has 0 spiro atoms. The Morgan fingerprint density at radius 3 is 1.18 bits per heavy atom. The molecule has 0 saturated carbocycles. The van der Waals surface area contributed by atoms with E-state index in [4.69, 9.17) is 29.9 Å². The molecule has 0 aromatic carbocycles. The van der Waals surface area contributed by atoms with Crippen molar-refractivity contribution in [3.8, 4) is 0 Å². The lowest BCUT2D eigenvalue weighted by Crippen LogP contribution is -2.14. The quantitative estimate of drug-likeness (QED) is 0.268. The second kappa shape index (κ2) is 19.7. The highest BCUT2D eigenvalue weighted by atomic mass is 16.5. The molecule has 0 fully saturated rings. The molecule has 10 heteroatoms. The molecule has 0 amide bonds. The molecule has 0 aliphatic rings. The first-order valence-corrected chi connectivity index (χ1v) is 6.50. The summed E-state index contributed by atoms with van der Waals surface area (Å²) in [7, 11) is 0. The topological polar surface area (TPSA) is 152 Å². The minimum absolute atomic E-state index is 0.0417. The third-order valence-electron chi connectivity index (χ3n) is 1.67. The number of carboxylic acids is 2. The van der Waals surface area contributed by atoms with Crippen molar-refractivity contribution >= 4 is 11.9 Å². The molecule has 0 unspecified atom stereocenters. The average Bonchev–Trinajstić information content (AvgIpc) is 2.46. The summed E-state index contributed by atoms with van der Waals surface area (Å²) in [5.74, 6) is -2.12. The van der Waals surface area contributed by atoms with Crippen molar-refractivity contribution in [2.75, 3.05) is 66.1 Å². The number of hydrogen-bond donors (Lipinski definition) is 4. The molecule has 22 heavy (non-hydrogen) atoms. The van der Waals surface area contributed by atoms with Crippen LogP contribution >= 0.6 is 0 Å². The molecule has 4 N–H and O–H groups in total. The molecule has 0 aliphatic heterocycles. The van der Waals surface area contributed by atoms with Gasteiger partial charge in [0.05, 0.1) is 52.9 Å². The highest BCUT2D eigenvalue weighted by Crippen LogP contribution is 1.79. The van der Waals surface area contributed by atoms with E-state index in [0.717, 1.165) is 0 Å². The van der Waals surface area contributed by atoms with Gasteiger partial charge in [-0.15, -0.1) is 0 Å². The number of aliphatic hydroxyl groups excluding tert-OH is 2. The zero-order valence-corrected chi connectivity index (χ0v) is 12.3. The van der Waals surface area contributed by atoms with Crippen LogP contribution < -0.4 is 0 Å². The van der Waals surface area contributed by atoms with Crippen LogP contribution in [-0.4, -0.2) is 98.4 Å². The molecule has 10 nitrogen and oxygen atoms in total. The third kappa shape index (κ3) is 27.1. The highest BCUT2D eigenvalue weighted by molar-refractivity contribution is 5.68. The van der Waals surface area contributed by atoms with Crippen molar-refractivity contribution in [3.05, 3.63) is 0 Å². The lowest BCUT2D eigenvalue weighted by atomic mass is 10.7. The van der Waals surface area contributed by atoms with Crippen LogP contribution in [-0.2, 0) is 28.5 Å². The molecule has 0 saturated heterocycles. The van der Waals surface area contributed by atoms with Gasteiger partial charge in [-0.2, -0.15) is 0 Å². The SMILES string of the molecule is O=C(O)COCCOCC(=O)O.OCCOCCOCCO. The molecule has 0 rings (SSSR count). The summed E-state index contributed by atoms with van der Waals surface area (Å²) in [6.07, 6.45) is 0. The van der Waals surface area contributed by atoms with Crippen molar-refractivity contribution in [1.82, 2.24) is 0 Å². The van der Waals surface area contributed by atoms with Crippen molar-refractivity contribution in [1.29, 1.82) is 0 Å². The van der Waals surface area contributed by atoms with Gasteiger partial charge in [0.25, 0.3) is 0 Å². The van der Waals surface area contributed by atoms with Crippen molar-refractivity contribution in [2.24, 2.45) is 0 Å². The minimum atomic E-state index is -1.06. The zero-order valence-electron chi connectivity index (χ0n) is 12.3. The molecule has 0 radical (unpaired) electrons. The van der Waals surface area contributed by atoms with E-state index in [-0.39, 0.29) is 26.4 Å². The predicted octanol–water partition coefficient (Wildman–Crippen LogP) is -1.81. The maximum Gasteiger partial charge on any atom is 0.329 e. The molecule has 0 bridgehead atoms. The molecule has 132 valence electrons. The summed E-state index contributed by atoms with van der Waals surface area (Å²) in [5, 5.41) is 32.7. The van der Waals surface area contributed by atoms with Gasteiger partial charge in [-0.3, -0.25) is 0 Å². The lowest BCUT2D eigenvalue weighted by molar-refractivity contribution is -0.146. The van der Waals surface area contributed by atoms with Crippen molar-refractivity contribution in [3.63, 3.8) is 0 Å². The van der Waals surface area contributed by atoms with Gasteiger partial charge in [0.1, 0.15) is 13.2 Å². The van der Waals surface area contributed by atoms with Gasteiger partial charge < -0.3 is 39.4 Å². The van der Waals surface area contributed by atoms with Gasteiger partial charge in [-0.25, -0.2) is 9.59 Å². The van der Waals surface area contributed by atoms with Gasteiger partial charge in [0.2, 0.25) is 0 Å². The van der Waals surface area contributed by atoms with E-state index in [1.807, 2.05) is 0 Å². The first-order valence-electron chi connectivity index (χ1n) is 6.50. The van der Waals surface area contributed by atoms with Crippen LogP contribution in [0, 0.1) is 0 Å². The summed E-state index contributed by atoms with van der Waals surface area (Å²) in [4.78, 5) is 19.8. The number of aliphatic carboxylic acids is 2. The second-order valence-electron chi connectivity index (χ2n) is 3.56. The average molecular weight is 328 g/mol. The Bertz CT molecular complexity index is 232. The molecular weight excluding hydrogens is 304 g/mol. The summed E-state index contributed by atoms with van der Waals surface area (Å²) in [6.45, 7) is 1.11. The van der Waals surface area contributed by atoms with Gasteiger partial charge in [-0.1, -0.05) is 0 Å². The van der Waals surface area contributed by atoms with Gasteiger partial charge in [0, 0.05) is 0 Å². The number of carboxylic acid groups (broad SMARTS) is 2. The number of carbonyl (C=O) groups is 2. The van der Waals surface area contributed by atoms with Crippen molar-refractivity contribution in [2.45, 2.75) is 0 Å². The fourth-order valence-electron chi connectivity index (χ4n) is 0.888. The van der Waals surface area contributed by atoms with E-state index in [1.165, 1.54) is 0 Å². The van der Waals surface area contributed by atoms with Crippen molar-refractivity contribution < 1.29 is 49.0 Å². The zero-order chi connectivity index (χ0) is 17.1. The Morgan fingerprint density at radius 2 is 0.909 bits per heavy atom. The van der Waals surface area contributed by atoms with Crippen LogP contribution in [0.1, 0.15) is 0 Å². The molecule has 0 aliphatic carbocycles. The van der Waals surface area contributed by atoms with Crippen LogP contribution in [0.3, 0.4) is 0 Å². The van der Waals surface area contributed by atoms with E-state index in [1.54, 1.807) is 0 Å². The first kappa shape index (κ1) is 23.0. The highest BCUT2D eigenvalue weighted by Gasteiger charge is 1.97. The minimum Gasteiger partial charge on any atom is -0.480 e. The number of rotatable bonds is 14. The standard InChI is InChI=1S/C6H10O6.C6H14O4/c7-5(8)3-11-1-2-12-4-6(9)10;7-1-3-9-5-6-10-4-2-8/h1-4H2,(H,7,8)(H,9,10);7-8H,1-6H2. The molecular formula is C12H24O10. The Labute approximate surface area is 128 Å². The van der Waals surface area contributed by atoms with E-state index >= 15 is 0 Å². The summed E-state index contributed by atoms with van der Waals surface area (Å²) >= 11 is 0. The predicted molar refractivity (Wildman–Crippen MR) is 72.7 cm³/mol. The summed E-state index contributed by atoms with van der Waals surface area (Å²) in [5.41, 5.74) is 0. The van der Waals surface area contributed by atoms with Crippen LogP contribution in [0.4, 0.5) is 0 Å².